The van der Waals surface area contributed by atoms with Gasteiger partial charge in [-0.2, -0.15) is 0 Å². The van der Waals surface area contributed by atoms with Crippen LogP contribution in [0.2, 0.25) is 0 Å². The molecule has 0 bridgehead atoms. The Balaban J connectivity index is 1.43. The minimum Gasteiger partial charge on any atom is -0.454 e. The van der Waals surface area contributed by atoms with Crippen LogP contribution in [0.3, 0.4) is 0 Å². The Morgan fingerprint density at radius 3 is 3.00 bits per heavy atom. The molecule has 4 rings (SSSR count). The van der Waals surface area contributed by atoms with Gasteiger partial charge in [0.15, 0.2) is 11.5 Å². The third-order valence-electron chi connectivity index (χ3n) is 5.02. The van der Waals surface area contributed by atoms with E-state index in [4.69, 9.17) is 18.9 Å². The molecule has 0 radical (unpaired) electrons. The predicted octanol–water partition coefficient (Wildman–Crippen LogP) is 2.21. The lowest BCUT2D eigenvalue weighted by atomic mass is 9.99. The van der Waals surface area contributed by atoms with Crippen LogP contribution in [0, 0.1) is 0 Å². The molecule has 3 heterocycles. The van der Waals surface area contributed by atoms with Crippen molar-refractivity contribution in [3.8, 4) is 11.5 Å². The van der Waals surface area contributed by atoms with Crippen molar-refractivity contribution in [3.63, 3.8) is 0 Å². The summed E-state index contributed by atoms with van der Waals surface area (Å²) in [7, 11) is 0. The van der Waals surface area contributed by atoms with Gasteiger partial charge in [-0.1, -0.05) is 0 Å². The molecule has 0 spiro atoms. The third kappa shape index (κ3) is 2.84. The molecule has 3 aliphatic rings. The number of nitrogens with zero attached hydrogens (tertiary/aromatic N) is 1. The molecule has 1 amide bonds. The van der Waals surface area contributed by atoms with E-state index in [0.29, 0.717) is 30.3 Å². The van der Waals surface area contributed by atoms with Gasteiger partial charge in [-0.15, -0.1) is 0 Å². The van der Waals surface area contributed by atoms with Crippen LogP contribution in [-0.4, -0.2) is 55.6 Å². The van der Waals surface area contributed by atoms with Gasteiger partial charge < -0.3 is 23.8 Å². The Morgan fingerprint density at radius 2 is 2.12 bits per heavy atom. The van der Waals surface area contributed by atoms with Gasteiger partial charge in [0.1, 0.15) is 0 Å². The number of carbonyl (C=O) groups excluding carboxylic acids is 1. The number of hydrogen-bond donors (Lipinski definition) is 0. The van der Waals surface area contributed by atoms with Gasteiger partial charge in [0.2, 0.25) is 6.79 Å². The fourth-order valence-corrected chi connectivity index (χ4v) is 3.82. The molecule has 6 heteroatoms. The summed E-state index contributed by atoms with van der Waals surface area (Å²) in [6.07, 6.45) is 3.09. The molecular weight excluding hydrogens is 310 g/mol. The van der Waals surface area contributed by atoms with Gasteiger partial charge in [-0.3, -0.25) is 4.79 Å². The fourth-order valence-electron chi connectivity index (χ4n) is 3.82. The number of amides is 1. The van der Waals surface area contributed by atoms with E-state index in [1.807, 2.05) is 17.9 Å². The van der Waals surface area contributed by atoms with Crippen molar-refractivity contribution >= 4 is 5.91 Å². The highest BCUT2D eigenvalue weighted by Gasteiger charge is 2.42. The van der Waals surface area contributed by atoms with Crippen molar-refractivity contribution in [1.29, 1.82) is 0 Å². The van der Waals surface area contributed by atoms with Crippen molar-refractivity contribution in [2.24, 2.45) is 0 Å². The van der Waals surface area contributed by atoms with Gasteiger partial charge in [0.05, 0.1) is 24.9 Å². The zero-order valence-electron chi connectivity index (χ0n) is 13.9. The van der Waals surface area contributed by atoms with Crippen molar-refractivity contribution in [3.05, 3.63) is 23.8 Å². The smallest absolute Gasteiger partial charge is 0.254 e. The quantitative estimate of drug-likeness (QED) is 0.845. The van der Waals surface area contributed by atoms with E-state index < -0.39 is 0 Å². The molecule has 1 aromatic rings. The number of benzene rings is 1. The van der Waals surface area contributed by atoms with Crippen LogP contribution in [0.5, 0.6) is 11.5 Å². The Bertz CT molecular complexity index is 619. The van der Waals surface area contributed by atoms with Crippen molar-refractivity contribution in [2.45, 2.75) is 44.4 Å². The predicted molar refractivity (Wildman–Crippen MR) is 86.4 cm³/mol. The molecule has 3 atom stereocenters. The average Bonchev–Trinajstić information content (AvgIpc) is 3.24. The van der Waals surface area contributed by atoms with Gasteiger partial charge in [-0.05, 0) is 44.4 Å². The Morgan fingerprint density at radius 1 is 1.25 bits per heavy atom. The summed E-state index contributed by atoms with van der Waals surface area (Å²) >= 11 is 0. The van der Waals surface area contributed by atoms with E-state index in [-0.39, 0.29) is 30.9 Å². The van der Waals surface area contributed by atoms with Gasteiger partial charge in [-0.25, -0.2) is 0 Å². The highest BCUT2D eigenvalue weighted by atomic mass is 16.7. The minimum absolute atomic E-state index is 0.0488. The van der Waals surface area contributed by atoms with Crippen LogP contribution in [0.4, 0.5) is 0 Å². The number of fused-ring (bicyclic) bond motifs is 2. The second-order valence-electron chi connectivity index (χ2n) is 6.46. The number of carbonyl (C=O) groups is 1. The first kappa shape index (κ1) is 15.7. The Labute approximate surface area is 141 Å². The first-order chi connectivity index (χ1) is 11.8. The van der Waals surface area contributed by atoms with E-state index in [1.54, 1.807) is 12.1 Å². The summed E-state index contributed by atoms with van der Waals surface area (Å²) in [5.74, 6) is 1.39. The minimum atomic E-state index is 0.0488. The first-order valence-corrected chi connectivity index (χ1v) is 8.70. The van der Waals surface area contributed by atoms with Gasteiger partial charge in [0.25, 0.3) is 5.91 Å². The maximum atomic E-state index is 12.9. The molecule has 0 saturated carbocycles. The van der Waals surface area contributed by atoms with E-state index in [1.165, 1.54) is 0 Å². The first-order valence-electron chi connectivity index (χ1n) is 8.70. The Kier molecular flexibility index (Phi) is 4.33. The molecule has 1 aromatic carbocycles. The SMILES string of the molecule is CCOC[C@H]1CC[C@H]2[C@H](CCN2C(=O)c2ccc3c(c2)OCO3)O1. The molecule has 130 valence electrons. The Hall–Kier alpha value is -1.79. The van der Waals surface area contributed by atoms with Crippen molar-refractivity contribution in [2.75, 3.05) is 26.6 Å². The highest BCUT2D eigenvalue weighted by molar-refractivity contribution is 5.95. The average molecular weight is 333 g/mol. The second-order valence-corrected chi connectivity index (χ2v) is 6.46. The highest BCUT2D eigenvalue weighted by Crippen LogP contribution is 2.35. The van der Waals surface area contributed by atoms with Gasteiger partial charge >= 0.3 is 0 Å². The lowest BCUT2D eigenvalue weighted by Gasteiger charge is -2.35. The summed E-state index contributed by atoms with van der Waals surface area (Å²) in [5, 5.41) is 0. The van der Waals surface area contributed by atoms with E-state index in [2.05, 4.69) is 0 Å². The summed E-state index contributed by atoms with van der Waals surface area (Å²) in [4.78, 5) is 14.9. The van der Waals surface area contributed by atoms with Crippen molar-refractivity contribution < 1.29 is 23.7 Å². The zero-order valence-corrected chi connectivity index (χ0v) is 13.9. The lowest BCUT2D eigenvalue weighted by molar-refractivity contribution is -0.0951. The molecule has 0 aliphatic carbocycles. The molecule has 3 aliphatic heterocycles. The summed E-state index contributed by atoms with van der Waals surface area (Å²) in [5.41, 5.74) is 0.649. The third-order valence-corrected chi connectivity index (χ3v) is 5.02. The largest absolute Gasteiger partial charge is 0.454 e. The van der Waals surface area contributed by atoms with Crippen LogP contribution < -0.4 is 9.47 Å². The molecule has 0 aromatic heterocycles. The molecule has 2 fully saturated rings. The number of likely N-dealkylation sites (tertiary alicyclic amines) is 1. The van der Waals surface area contributed by atoms with Crippen LogP contribution in [0.15, 0.2) is 18.2 Å². The number of ether oxygens (including phenoxy) is 4. The maximum Gasteiger partial charge on any atom is 0.254 e. The monoisotopic (exact) mass is 333 g/mol. The lowest BCUT2D eigenvalue weighted by Crippen LogP contribution is -2.45. The maximum absolute atomic E-state index is 12.9. The van der Waals surface area contributed by atoms with E-state index in [9.17, 15) is 4.79 Å². The molecule has 2 saturated heterocycles. The van der Waals surface area contributed by atoms with Gasteiger partial charge in [0, 0.05) is 18.7 Å². The second kappa shape index (κ2) is 6.61. The summed E-state index contributed by atoms with van der Waals surface area (Å²) in [6.45, 7) is 4.31. The van der Waals surface area contributed by atoms with Crippen LogP contribution >= 0.6 is 0 Å². The molecule has 6 nitrogen and oxygen atoms in total. The number of rotatable bonds is 4. The standard InChI is InChI=1S/C18H23NO5/c1-2-21-10-13-4-5-14-15(24-13)7-8-19(14)18(20)12-3-6-16-17(9-12)23-11-22-16/h3,6,9,13-15H,2,4-5,7-8,10-11H2,1H3/t13-,14+,15+/m1/s1. The molecular formula is C18H23NO5. The normalized spacial score (nSPS) is 28.0. The molecule has 0 unspecified atom stereocenters. The van der Waals surface area contributed by atoms with Crippen LogP contribution in [0.25, 0.3) is 0 Å². The zero-order chi connectivity index (χ0) is 16.5. The van der Waals surface area contributed by atoms with Crippen LogP contribution in [-0.2, 0) is 9.47 Å². The number of hydrogen-bond acceptors (Lipinski definition) is 5. The van der Waals surface area contributed by atoms with E-state index in [0.717, 1.165) is 25.8 Å². The molecule has 24 heavy (non-hydrogen) atoms. The summed E-state index contributed by atoms with van der Waals surface area (Å²) in [6, 6.07) is 5.56. The van der Waals surface area contributed by atoms with Crippen molar-refractivity contribution in [1.82, 2.24) is 4.90 Å². The fraction of sp³-hybridized carbons (Fsp3) is 0.611. The molecule has 0 N–H and O–H groups in total. The van der Waals surface area contributed by atoms with Crippen LogP contribution in [0.1, 0.15) is 36.5 Å². The summed E-state index contributed by atoms with van der Waals surface area (Å²) < 4.78 is 22.3. The topological polar surface area (TPSA) is 57.2 Å². The van der Waals surface area contributed by atoms with E-state index >= 15 is 0 Å².